The molecule has 1 unspecified atom stereocenters. The zero-order valence-electron chi connectivity index (χ0n) is 8.11. The van der Waals surface area contributed by atoms with Crippen LogP contribution in [0.2, 0.25) is 10.0 Å². The Bertz CT molecular complexity index is 420. The third kappa shape index (κ3) is 2.03. The average Bonchev–Trinajstić information content (AvgIpc) is 2.88. The Labute approximate surface area is 97.9 Å². The van der Waals surface area contributed by atoms with Gasteiger partial charge in [0.25, 0.3) is 0 Å². The largest absolute Gasteiger partial charge is 0.409 e. The summed E-state index contributed by atoms with van der Waals surface area (Å²) in [6.07, 6.45) is 0. The molecule has 5 heteroatoms. The van der Waals surface area contributed by atoms with Crippen molar-refractivity contribution < 1.29 is 5.21 Å². The standard InChI is InChI=1S/C10H10Cl2N2O/c1-6-5-14(6)10(13-15)8-3-2-7(11)4-9(8)12/h2-4,6,15H,5H2,1H3/b13-10+. The van der Waals surface area contributed by atoms with Gasteiger partial charge in [-0.3, -0.25) is 0 Å². The monoisotopic (exact) mass is 244 g/mol. The second-order valence-electron chi connectivity index (χ2n) is 3.55. The van der Waals surface area contributed by atoms with Gasteiger partial charge in [-0.25, -0.2) is 0 Å². The van der Waals surface area contributed by atoms with Gasteiger partial charge < -0.3 is 10.1 Å². The van der Waals surface area contributed by atoms with Gasteiger partial charge in [0.2, 0.25) is 0 Å². The molecule has 0 bridgehead atoms. The third-order valence-electron chi connectivity index (χ3n) is 2.40. The minimum absolute atomic E-state index is 0.405. The Kier molecular flexibility index (Phi) is 2.76. The first kappa shape index (κ1) is 10.6. The van der Waals surface area contributed by atoms with Gasteiger partial charge in [0.05, 0.1) is 5.02 Å². The van der Waals surface area contributed by atoms with Crippen molar-refractivity contribution in [1.29, 1.82) is 0 Å². The average molecular weight is 245 g/mol. The summed E-state index contributed by atoms with van der Waals surface area (Å²) in [5, 5.41) is 13.3. The van der Waals surface area contributed by atoms with Gasteiger partial charge in [0.1, 0.15) is 0 Å². The summed E-state index contributed by atoms with van der Waals surface area (Å²) in [6.45, 7) is 2.94. The fraction of sp³-hybridized carbons (Fsp3) is 0.300. The van der Waals surface area contributed by atoms with E-state index >= 15 is 0 Å². The van der Waals surface area contributed by atoms with Crippen molar-refractivity contribution in [1.82, 2.24) is 4.90 Å². The molecule has 1 atom stereocenters. The Balaban J connectivity index is 2.35. The molecule has 0 aliphatic carbocycles. The molecule has 1 aliphatic heterocycles. The van der Waals surface area contributed by atoms with Crippen LogP contribution in [0, 0.1) is 0 Å². The van der Waals surface area contributed by atoms with Gasteiger partial charge >= 0.3 is 0 Å². The molecule has 15 heavy (non-hydrogen) atoms. The van der Waals surface area contributed by atoms with Crippen molar-refractivity contribution in [3.05, 3.63) is 33.8 Å². The van der Waals surface area contributed by atoms with Crippen molar-refractivity contribution in [3.8, 4) is 0 Å². The minimum Gasteiger partial charge on any atom is -0.409 e. The van der Waals surface area contributed by atoms with Crippen LogP contribution >= 0.6 is 23.2 Å². The van der Waals surface area contributed by atoms with Gasteiger partial charge in [0.15, 0.2) is 5.84 Å². The van der Waals surface area contributed by atoms with Crippen LogP contribution < -0.4 is 0 Å². The summed E-state index contributed by atoms with van der Waals surface area (Å²) in [5.74, 6) is 0.504. The Hall–Kier alpha value is -0.930. The fourth-order valence-electron chi connectivity index (χ4n) is 1.47. The number of nitrogens with zero attached hydrogens (tertiary/aromatic N) is 2. The van der Waals surface area contributed by atoms with E-state index in [1.165, 1.54) is 0 Å². The molecule has 80 valence electrons. The normalized spacial score (nSPS) is 20.6. The number of hydrogen-bond donors (Lipinski definition) is 1. The minimum atomic E-state index is 0.405. The van der Waals surface area contributed by atoms with E-state index in [0.29, 0.717) is 27.5 Å². The van der Waals surface area contributed by atoms with Crippen LogP contribution in [0.3, 0.4) is 0 Å². The van der Waals surface area contributed by atoms with Crippen LogP contribution in [0.1, 0.15) is 12.5 Å². The molecule has 1 aliphatic rings. The first-order chi connectivity index (χ1) is 7.13. The molecule has 1 aromatic rings. The molecule has 0 aromatic heterocycles. The van der Waals surface area contributed by atoms with Crippen LogP contribution in [0.4, 0.5) is 0 Å². The number of halogens is 2. The van der Waals surface area contributed by atoms with Gasteiger partial charge in [-0.2, -0.15) is 0 Å². The summed E-state index contributed by atoms with van der Waals surface area (Å²) in [6, 6.07) is 5.52. The number of benzene rings is 1. The summed E-state index contributed by atoms with van der Waals surface area (Å²) >= 11 is 11.8. The predicted molar refractivity (Wildman–Crippen MR) is 61.0 cm³/mol. The lowest BCUT2D eigenvalue weighted by Gasteiger charge is -2.08. The maximum Gasteiger partial charge on any atom is 0.177 e. The van der Waals surface area contributed by atoms with E-state index in [1.54, 1.807) is 18.2 Å². The maximum atomic E-state index is 8.96. The van der Waals surface area contributed by atoms with Crippen LogP contribution in [-0.4, -0.2) is 28.5 Å². The van der Waals surface area contributed by atoms with E-state index in [0.717, 1.165) is 6.54 Å². The molecule has 1 N–H and O–H groups in total. The van der Waals surface area contributed by atoms with E-state index in [-0.39, 0.29) is 0 Å². The van der Waals surface area contributed by atoms with Crippen molar-refractivity contribution in [2.45, 2.75) is 13.0 Å². The highest BCUT2D eigenvalue weighted by Crippen LogP contribution is 2.27. The van der Waals surface area contributed by atoms with Crippen LogP contribution in [0.15, 0.2) is 23.4 Å². The lowest BCUT2D eigenvalue weighted by Crippen LogP contribution is -2.14. The molecule has 1 fully saturated rings. The highest BCUT2D eigenvalue weighted by molar-refractivity contribution is 6.37. The second-order valence-corrected chi connectivity index (χ2v) is 4.39. The number of oxime groups is 1. The Morgan fingerprint density at radius 2 is 2.20 bits per heavy atom. The zero-order valence-corrected chi connectivity index (χ0v) is 9.63. The quantitative estimate of drug-likeness (QED) is 0.271. The molecular formula is C10H10Cl2N2O. The molecule has 1 heterocycles. The van der Waals surface area contributed by atoms with Gasteiger partial charge in [-0.1, -0.05) is 28.4 Å². The molecular weight excluding hydrogens is 235 g/mol. The van der Waals surface area contributed by atoms with Gasteiger partial charge in [-0.05, 0) is 25.1 Å². The first-order valence-corrected chi connectivity index (χ1v) is 5.33. The molecule has 0 spiro atoms. The second kappa shape index (κ2) is 3.91. The fourth-order valence-corrected chi connectivity index (χ4v) is 1.96. The molecule has 0 amide bonds. The van der Waals surface area contributed by atoms with Crippen LogP contribution in [0.5, 0.6) is 0 Å². The summed E-state index contributed by atoms with van der Waals surface area (Å²) in [7, 11) is 0. The Morgan fingerprint density at radius 3 is 2.67 bits per heavy atom. The molecule has 1 aromatic carbocycles. The van der Waals surface area contributed by atoms with Crippen molar-refractivity contribution in [3.63, 3.8) is 0 Å². The summed E-state index contributed by atoms with van der Waals surface area (Å²) in [5.41, 5.74) is 0.702. The summed E-state index contributed by atoms with van der Waals surface area (Å²) < 4.78 is 0. The molecule has 2 rings (SSSR count). The maximum absolute atomic E-state index is 8.96. The summed E-state index contributed by atoms with van der Waals surface area (Å²) in [4.78, 5) is 1.95. The van der Waals surface area contributed by atoms with E-state index in [9.17, 15) is 0 Å². The van der Waals surface area contributed by atoms with Gasteiger partial charge in [0, 0.05) is 23.2 Å². The van der Waals surface area contributed by atoms with Gasteiger partial charge in [-0.15, -0.1) is 0 Å². The number of rotatable bonds is 1. The van der Waals surface area contributed by atoms with Crippen molar-refractivity contribution in [2.75, 3.05) is 6.54 Å². The smallest absolute Gasteiger partial charge is 0.177 e. The highest BCUT2D eigenvalue weighted by Gasteiger charge is 2.34. The number of hydrogen-bond acceptors (Lipinski definition) is 2. The third-order valence-corrected chi connectivity index (χ3v) is 2.95. The Morgan fingerprint density at radius 1 is 1.53 bits per heavy atom. The molecule has 0 radical (unpaired) electrons. The zero-order chi connectivity index (χ0) is 11.0. The topological polar surface area (TPSA) is 35.6 Å². The van der Waals surface area contributed by atoms with Crippen molar-refractivity contribution >= 4 is 29.0 Å². The van der Waals surface area contributed by atoms with E-state index < -0.39 is 0 Å². The molecule has 1 saturated heterocycles. The predicted octanol–water partition coefficient (Wildman–Crippen LogP) is 2.83. The first-order valence-electron chi connectivity index (χ1n) is 4.57. The highest BCUT2D eigenvalue weighted by atomic mass is 35.5. The SMILES string of the molecule is CC1CN1/C(=N/O)c1ccc(Cl)cc1Cl. The lowest BCUT2D eigenvalue weighted by atomic mass is 10.2. The molecule has 3 nitrogen and oxygen atoms in total. The van der Waals surface area contributed by atoms with E-state index in [4.69, 9.17) is 28.4 Å². The number of amidine groups is 1. The van der Waals surface area contributed by atoms with Crippen LogP contribution in [0.25, 0.3) is 0 Å². The van der Waals surface area contributed by atoms with Crippen molar-refractivity contribution in [2.24, 2.45) is 5.16 Å². The lowest BCUT2D eigenvalue weighted by molar-refractivity contribution is 0.313. The van der Waals surface area contributed by atoms with Crippen LogP contribution in [-0.2, 0) is 0 Å². The molecule has 0 saturated carbocycles. The van der Waals surface area contributed by atoms with E-state index in [1.807, 2.05) is 4.90 Å². The van der Waals surface area contributed by atoms with E-state index in [2.05, 4.69) is 12.1 Å².